The molecule has 3 rings (SSSR count). The molecule has 2 aromatic rings. The Hall–Kier alpha value is -3.40. The number of aromatic nitrogens is 1. The average molecular weight is 349 g/mol. The Morgan fingerprint density at radius 1 is 1.31 bits per heavy atom. The van der Waals surface area contributed by atoms with Crippen molar-refractivity contribution in [3.05, 3.63) is 53.7 Å². The number of nitriles is 1. The number of amides is 2. The van der Waals surface area contributed by atoms with Gasteiger partial charge in [-0.05, 0) is 43.2 Å². The maximum atomic E-state index is 12.3. The Balaban J connectivity index is 1.67. The molecule has 1 unspecified atom stereocenters. The Morgan fingerprint density at radius 3 is 2.85 bits per heavy atom. The first kappa shape index (κ1) is 17.4. The number of hydrogen-bond donors (Lipinski definition) is 2. The molecule has 0 spiro atoms. The van der Waals surface area contributed by atoms with Crippen molar-refractivity contribution in [2.45, 2.75) is 12.8 Å². The maximum Gasteiger partial charge on any atom is 0.255 e. The molecule has 1 aromatic heterocycles. The number of carbonyl (C=O) groups excluding carboxylic acids is 2. The van der Waals surface area contributed by atoms with E-state index in [-0.39, 0.29) is 17.7 Å². The van der Waals surface area contributed by atoms with Crippen molar-refractivity contribution in [1.82, 2.24) is 4.98 Å². The molecule has 0 saturated carbocycles. The molecule has 1 aromatic carbocycles. The van der Waals surface area contributed by atoms with Crippen molar-refractivity contribution in [3.8, 4) is 6.07 Å². The Kier molecular flexibility index (Phi) is 5.13. The zero-order valence-electron chi connectivity index (χ0n) is 14.2. The molecule has 3 N–H and O–H groups in total. The van der Waals surface area contributed by atoms with E-state index in [0.29, 0.717) is 23.4 Å². The maximum absolute atomic E-state index is 12.3. The smallest absolute Gasteiger partial charge is 0.255 e. The van der Waals surface area contributed by atoms with E-state index in [0.717, 1.165) is 25.2 Å². The monoisotopic (exact) mass is 349 g/mol. The van der Waals surface area contributed by atoms with Gasteiger partial charge in [0.15, 0.2) is 0 Å². The van der Waals surface area contributed by atoms with Crippen molar-refractivity contribution in [2.24, 2.45) is 11.7 Å². The number of pyridine rings is 1. The molecule has 1 aliphatic heterocycles. The Morgan fingerprint density at radius 2 is 2.15 bits per heavy atom. The molecule has 7 nitrogen and oxygen atoms in total. The van der Waals surface area contributed by atoms with Gasteiger partial charge in [-0.2, -0.15) is 5.26 Å². The van der Waals surface area contributed by atoms with E-state index in [9.17, 15) is 9.59 Å². The van der Waals surface area contributed by atoms with E-state index in [1.807, 2.05) is 17.0 Å². The van der Waals surface area contributed by atoms with Crippen LogP contribution in [0.4, 0.5) is 11.5 Å². The van der Waals surface area contributed by atoms with Crippen LogP contribution < -0.4 is 16.0 Å². The van der Waals surface area contributed by atoms with Crippen LogP contribution in [0, 0.1) is 17.2 Å². The van der Waals surface area contributed by atoms with Gasteiger partial charge in [0, 0.05) is 18.7 Å². The number of nitrogens with zero attached hydrogens (tertiary/aromatic N) is 3. The number of nitrogens with one attached hydrogen (secondary N) is 1. The molecule has 7 heteroatoms. The summed E-state index contributed by atoms with van der Waals surface area (Å²) in [5, 5.41) is 11.7. The van der Waals surface area contributed by atoms with Gasteiger partial charge in [-0.3, -0.25) is 9.59 Å². The Labute approximate surface area is 151 Å². The summed E-state index contributed by atoms with van der Waals surface area (Å²) in [4.78, 5) is 30.1. The molecule has 1 aliphatic rings. The second kappa shape index (κ2) is 7.66. The topological polar surface area (TPSA) is 112 Å². The first-order chi connectivity index (χ1) is 12.6. The summed E-state index contributed by atoms with van der Waals surface area (Å²) < 4.78 is 0. The molecule has 1 fully saturated rings. The lowest BCUT2D eigenvalue weighted by atomic mass is 9.97. The summed E-state index contributed by atoms with van der Waals surface area (Å²) >= 11 is 0. The van der Waals surface area contributed by atoms with E-state index >= 15 is 0 Å². The number of hydrogen-bond acceptors (Lipinski definition) is 5. The van der Waals surface area contributed by atoms with E-state index in [1.54, 1.807) is 30.5 Å². The molecule has 0 radical (unpaired) electrons. The van der Waals surface area contributed by atoms with Crippen molar-refractivity contribution in [1.29, 1.82) is 5.26 Å². The average Bonchev–Trinajstić information content (AvgIpc) is 2.68. The molecule has 1 saturated heterocycles. The molecular weight excluding hydrogens is 330 g/mol. The number of carbonyl (C=O) groups is 2. The fraction of sp³-hybridized carbons (Fsp3) is 0.263. The highest BCUT2D eigenvalue weighted by Crippen LogP contribution is 2.22. The number of anilines is 2. The van der Waals surface area contributed by atoms with Crippen LogP contribution in [0.1, 0.15) is 28.8 Å². The van der Waals surface area contributed by atoms with Gasteiger partial charge in [-0.25, -0.2) is 4.98 Å². The van der Waals surface area contributed by atoms with E-state index in [2.05, 4.69) is 10.3 Å². The highest BCUT2D eigenvalue weighted by Gasteiger charge is 2.24. The standard InChI is InChI=1S/C19H19N5O2/c20-10-13-3-1-4-14(9-13)19(26)23-16-6-7-17(22-11-16)24-8-2-5-15(12-24)18(21)25/h1,3-4,6-7,9,11,15H,2,5,8,12H2,(H2,21,25)(H,23,26). The van der Waals surface area contributed by atoms with Crippen LogP contribution in [0.15, 0.2) is 42.6 Å². The summed E-state index contributed by atoms with van der Waals surface area (Å²) in [5.41, 5.74) is 6.81. The summed E-state index contributed by atoms with van der Waals surface area (Å²) in [5.74, 6) is 0.0133. The lowest BCUT2D eigenvalue weighted by Crippen LogP contribution is -2.41. The number of nitrogens with two attached hydrogens (primary N) is 1. The molecule has 0 bridgehead atoms. The molecule has 1 atom stereocenters. The predicted molar refractivity (Wildman–Crippen MR) is 97.5 cm³/mol. The third kappa shape index (κ3) is 3.98. The fourth-order valence-corrected chi connectivity index (χ4v) is 3.00. The van der Waals surface area contributed by atoms with Gasteiger partial charge in [0.25, 0.3) is 5.91 Å². The van der Waals surface area contributed by atoms with Crippen molar-refractivity contribution >= 4 is 23.3 Å². The van der Waals surface area contributed by atoms with Crippen molar-refractivity contribution < 1.29 is 9.59 Å². The minimum atomic E-state index is -0.302. The molecule has 0 aliphatic carbocycles. The number of rotatable bonds is 4. The second-order valence-electron chi connectivity index (χ2n) is 6.24. The van der Waals surface area contributed by atoms with E-state index < -0.39 is 0 Å². The van der Waals surface area contributed by atoms with Gasteiger partial charge in [0.1, 0.15) is 5.82 Å². The molecular formula is C19H19N5O2. The van der Waals surface area contributed by atoms with Gasteiger partial charge in [-0.1, -0.05) is 6.07 Å². The minimum Gasteiger partial charge on any atom is -0.369 e. The first-order valence-electron chi connectivity index (χ1n) is 8.38. The van der Waals surface area contributed by atoms with Crippen molar-refractivity contribution in [3.63, 3.8) is 0 Å². The van der Waals surface area contributed by atoms with E-state index in [1.165, 1.54) is 6.07 Å². The summed E-state index contributed by atoms with van der Waals surface area (Å²) in [6, 6.07) is 12.1. The largest absolute Gasteiger partial charge is 0.369 e. The fourth-order valence-electron chi connectivity index (χ4n) is 3.00. The summed E-state index contributed by atoms with van der Waals surface area (Å²) in [6.45, 7) is 1.39. The summed E-state index contributed by atoms with van der Waals surface area (Å²) in [6.07, 6.45) is 3.28. The second-order valence-corrected chi connectivity index (χ2v) is 6.24. The lowest BCUT2D eigenvalue weighted by Gasteiger charge is -2.32. The summed E-state index contributed by atoms with van der Waals surface area (Å²) in [7, 11) is 0. The highest BCUT2D eigenvalue weighted by molar-refractivity contribution is 6.04. The predicted octanol–water partition coefficient (Wildman–Crippen LogP) is 1.91. The normalized spacial score (nSPS) is 16.6. The zero-order valence-corrected chi connectivity index (χ0v) is 14.2. The third-order valence-corrected chi connectivity index (χ3v) is 4.41. The van der Waals surface area contributed by atoms with Gasteiger partial charge in [0.2, 0.25) is 5.91 Å². The van der Waals surface area contributed by atoms with Crippen LogP contribution in [-0.4, -0.2) is 29.9 Å². The zero-order chi connectivity index (χ0) is 18.5. The van der Waals surface area contributed by atoms with Gasteiger partial charge in [-0.15, -0.1) is 0 Å². The molecule has 26 heavy (non-hydrogen) atoms. The van der Waals surface area contributed by atoms with Crippen LogP contribution in [0.3, 0.4) is 0 Å². The molecule has 132 valence electrons. The Bertz CT molecular complexity index is 857. The van der Waals surface area contributed by atoms with Crippen LogP contribution >= 0.6 is 0 Å². The molecule has 2 amide bonds. The van der Waals surface area contributed by atoms with E-state index in [4.69, 9.17) is 11.0 Å². The lowest BCUT2D eigenvalue weighted by molar-refractivity contribution is -0.122. The SMILES string of the molecule is N#Cc1cccc(C(=O)Nc2ccc(N3CCCC(C(N)=O)C3)nc2)c1. The highest BCUT2D eigenvalue weighted by atomic mass is 16.2. The number of benzene rings is 1. The molecule has 2 heterocycles. The van der Waals surface area contributed by atoms with Gasteiger partial charge in [0.05, 0.1) is 29.4 Å². The van der Waals surface area contributed by atoms with Gasteiger partial charge >= 0.3 is 0 Å². The minimum absolute atomic E-state index is 0.155. The van der Waals surface area contributed by atoms with Crippen molar-refractivity contribution in [2.75, 3.05) is 23.3 Å². The quantitative estimate of drug-likeness (QED) is 0.875. The third-order valence-electron chi connectivity index (χ3n) is 4.41. The van der Waals surface area contributed by atoms with Crippen LogP contribution in [0.2, 0.25) is 0 Å². The number of primary amides is 1. The van der Waals surface area contributed by atoms with Crippen LogP contribution in [0.5, 0.6) is 0 Å². The van der Waals surface area contributed by atoms with Crippen LogP contribution in [-0.2, 0) is 4.79 Å². The first-order valence-corrected chi connectivity index (χ1v) is 8.38. The number of piperidine rings is 1. The van der Waals surface area contributed by atoms with Crippen LogP contribution in [0.25, 0.3) is 0 Å². The van der Waals surface area contributed by atoms with Gasteiger partial charge < -0.3 is 16.0 Å².